The van der Waals surface area contributed by atoms with Crippen LogP contribution >= 0.6 is 0 Å². The lowest BCUT2D eigenvalue weighted by Gasteiger charge is -2.36. The second-order valence-electron chi connectivity index (χ2n) is 5.96. The van der Waals surface area contributed by atoms with Crippen LogP contribution in [0.1, 0.15) is 40.0 Å². The SMILES string of the molecule is CCC(C)C1NC(=O)CN(CC(C)C2CC2)C1=O. The van der Waals surface area contributed by atoms with E-state index in [0.717, 1.165) is 18.9 Å². The fourth-order valence-electron chi connectivity index (χ4n) is 2.67. The Balaban J connectivity index is 2.00. The van der Waals surface area contributed by atoms with Crippen molar-refractivity contribution in [3.63, 3.8) is 0 Å². The maximum atomic E-state index is 12.4. The van der Waals surface area contributed by atoms with Crippen LogP contribution in [0.4, 0.5) is 0 Å². The third-order valence-corrected chi connectivity index (χ3v) is 4.38. The van der Waals surface area contributed by atoms with Crippen LogP contribution in [0.2, 0.25) is 0 Å². The topological polar surface area (TPSA) is 49.4 Å². The molecule has 1 heterocycles. The maximum absolute atomic E-state index is 12.4. The van der Waals surface area contributed by atoms with E-state index in [1.54, 1.807) is 4.90 Å². The molecule has 1 aliphatic heterocycles. The van der Waals surface area contributed by atoms with Crippen molar-refractivity contribution in [2.45, 2.75) is 46.1 Å². The van der Waals surface area contributed by atoms with Gasteiger partial charge in [0.2, 0.25) is 11.8 Å². The smallest absolute Gasteiger partial charge is 0.245 e. The number of nitrogens with zero attached hydrogens (tertiary/aromatic N) is 1. The Bertz CT molecular complexity index is 339. The van der Waals surface area contributed by atoms with E-state index in [1.807, 2.05) is 6.92 Å². The van der Waals surface area contributed by atoms with Gasteiger partial charge in [-0.1, -0.05) is 27.2 Å². The van der Waals surface area contributed by atoms with Crippen molar-refractivity contribution in [3.8, 4) is 0 Å². The van der Waals surface area contributed by atoms with Crippen molar-refractivity contribution in [1.82, 2.24) is 10.2 Å². The van der Waals surface area contributed by atoms with Crippen LogP contribution in [-0.4, -0.2) is 35.8 Å². The first-order valence-corrected chi connectivity index (χ1v) is 7.11. The molecule has 3 unspecified atom stereocenters. The molecule has 1 N–H and O–H groups in total. The molecular weight excluding hydrogens is 228 g/mol. The van der Waals surface area contributed by atoms with Crippen LogP contribution in [0.25, 0.3) is 0 Å². The van der Waals surface area contributed by atoms with E-state index in [0.29, 0.717) is 5.92 Å². The number of hydrogen-bond acceptors (Lipinski definition) is 2. The molecular formula is C14H24N2O2. The molecule has 2 amide bonds. The molecule has 0 aromatic heterocycles. The third-order valence-electron chi connectivity index (χ3n) is 4.38. The highest BCUT2D eigenvalue weighted by Gasteiger charge is 2.37. The van der Waals surface area contributed by atoms with E-state index >= 15 is 0 Å². The second-order valence-corrected chi connectivity index (χ2v) is 5.96. The van der Waals surface area contributed by atoms with E-state index in [9.17, 15) is 9.59 Å². The molecule has 2 fully saturated rings. The molecule has 0 spiro atoms. The molecule has 1 saturated carbocycles. The van der Waals surface area contributed by atoms with Crippen molar-refractivity contribution in [1.29, 1.82) is 0 Å². The number of rotatable bonds is 5. The maximum Gasteiger partial charge on any atom is 0.245 e. The van der Waals surface area contributed by atoms with E-state index in [-0.39, 0.29) is 30.3 Å². The highest BCUT2D eigenvalue weighted by Crippen LogP contribution is 2.37. The highest BCUT2D eigenvalue weighted by atomic mass is 16.2. The molecule has 2 rings (SSSR count). The largest absolute Gasteiger partial charge is 0.342 e. The van der Waals surface area contributed by atoms with Gasteiger partial charge < -0.3 is 10.2 Å². The lowest BCUT2D eigenvalue weighted by Crippen LogP contribution is -2.60. The summed E-state index contributed by atoms with van der Waals surface area (Å²) < 4.78 is 0. The summed E-state index contributed by atoms with van der Waals surface area (Å²) in [6.07, 6.45) is 3.47. The predicted octanol–water partition coefficient (Wildman–Crippen LogP) is 1.41. The van der Waals surface area contributed by atoms with Crippen molar-refractivity contribution >= 4 is 11.8 Å². The molecule has 0 aromatic rings. The van der Waals surface area contributed by atoms with Crippen molar-refractivity contribution in [2.24, 2.45) is 17.8 Å². The third kappa shape index (κ3) is 2.85. The second kappa shape index (κ2) is 5.29. The minimum absolute atomic E-state index is 0.0112. The van der Waals surface area contributed by atoms with E-state index in [4.69, 9.17) is 0 Å². The molecule has 4 heteroatoms. The minimum Gasteiger partial charge on any atom is -0.342 e. The van der Waals surface area contributed by atoms with Gasteiger partial charge in [0.05, 0.1) is 6.54 Å². The first kappa shape index (κ1) is 13.4. The molecule has 3 atom stereocenters. The van der Waals surface area contributed by atoms with Crippen molar-refractivity contribution in [3.05, 3.63) is 0 Å². The Hall–Kier alpha value is -1.06. The van der Waals surface area contributed by atoms with Crippen LogP contribution in [0, 0.1) is 17.8 Å². The molecule has 4 nitrogen and oxygen atoms in total. The van der Waals surface area contributed by atoms with Crippen LogP contribution in [0.15, 0.2) is 0 Å². The van der Waals surface area contributed by atoms with Gasteiger partial charge in [-0.15, -0.1) is 0 Å². The van der Waals surface area contributed by atoms with E-state index < -0.39 is 0 Å². The van der Waals surface area contributed by atoms with Crippen molar-refractivity contribution in [2.75, 3.05) is 13.1 Å². The zero-order valence-corrected chi connectivity index (χ0v) is 11.6. The standard InChI is InChI=1S/C14H24N2O2/c1-4-9(2)13-14(18)16(8-12(17)15-13)7-10(3)11-5-6-11/h9-11,13H,4-8H2,1-3H3,(H,15,17). The first-order valence-electron chi connectivity index (χ1n) is 7.11. The van der Waals surface area contributed by atoms with Gasteiger partial charge in [0, 0.05) is 6.54 Å². The summed E-state index contributed by atoms with van der Waals surface area (Å²) in [5.74, 6) is 1.60. The minimum atomic E-state index is -0.317. The summed E-state index contributed by atoms with van der Waals surface area (Å²) in [4.78, 5) is 25.8. The molecule has 1 saturated heterocycles. The van der Waals surface area contributed by atoms with E-state index in [2.05, 4.69) is 19.2 Å². The molecule has 0 bridgehead atoms. The highest BCUT2D eigenvalue weighted by molar-refractivity contribution is 5.95. The molecule has 0 aromatic carbocycles. The number of amides is 2. The zero-order valence-electron chi connectivity index (χ0n) is 11.6. The van der Waals surface area contributed by atoms with Crippen LogP contribution < -0.4 is 5.32 Å². The van der Waals surface area contributed by atoms with E-state index in [1.165, 1.54) is 12.8 Å². The van der Waals surface area contributed by atoms with Gasteiger partial charge in [-0.25, -0.2) is 0 Å². The quantitative estimate of drug-likeness (QED) is 0.804. The lowest BCUT2D eigenvalue weighted by atomic mass is 9.95. The Labute approximate surface area is 109 Å². The molecule has 18 heavy (non-hydrogen) atoms. The monoisotopic (exact) mass is 252 g/mol. The molecule has 0 radical (unpaired) electrons. The van der Waals surface area contributed by atoms with Gasteiger partial charge in [-0.3, -0.25) is 9.59 Å². The van der Waals surface area contributed by atoms with Gasteiger partial charge in [0.15, 0.2) is 0 Å². The van der Waals surface area contributed by atoms with Gasteiger partial charge >= 0.3 is 0 Å². The Kier molecular flexibility index (Phi) is 3.93. The summed E-state index contributed by atoms with van der Waals surface area (Å²) in [6, 6.07) is -0.317. The zero-order chi connectivity index (χ0) is 13.3. The average Bonchev–Trinajstić information content (AvgIpc) is 3.16. The number of nitrogens with one attached hydrogen (secondary N) is 1. The fourth-order valence-corrected chi connectivity index (χ4v) is 2.67. The van der Waals surface area contributed by atoms with Crippen LogP contribution in [0.3, 0.4) is 0 Å². The number of carbonyl (C=O) groups excluding carboxylic acids is 2. The summed E-state index contributed by atoms with van der Waals surface area (Å²) in [6.45, 7) is 7.24. The Morgan fingerprint density at radius 3 is 2.50 bits per heavy atom. The van der Waals surface area contributed by atoms with Crippen LogP contribution in [0.5, 0.6) is 0 Å². The fraction of sp³-hybridized carbons (Fsp3) is 0.857. The average molecular weight is 252 g/mol. The number of piperazine rings is 1. The van der Waals surface area contributed by atoms with Gasteiger partial charge in [-0.05, 0) is 30.6 Å². The normalized spacial score (nSPS) is 27.9. The van der Waals surface area contributed by atoms with Gasteiger partial charge in [-0.2, -0.15) is 0 Å². The Morgan fingerprint density at radius 2 is 1.94 bits per heavy atom. The number of carbonyl (C=O) groups is 2. The van der Waals surface area contributed by atoms with Gasteiger partial charge in [0.25, 0.3) is 0 Å². The Morgan fingerprint density at radius 1 is 1.28 bits per heavy atom. The molecule has 2 aliphatic rings. The number of hydrogen-bond donors (Lipinski definition) is 1. The first-order chi connectivity index (χ1) is 8.52. The predicted molar refractivity (Wildman–Crippen MR) is 69.9 cm³/mol. The molecule has 102 valence electrons. The summed E-state index contributed by atoms with van der Waals surface area (Å²) in [5, 5.41) is 2.83. The molecule has 1 aliphatic carbocycles. The summed E-state index contributed by atoms with van der Waals surface area (Å²) in [5.41, 5.74) is 0. The lowest BCUT2D eigenvalue weighted by molar-refractivity contribution is -0.146. The van der Waals surface area contributed by atoms with Gasteiger partial charge in [0.1, 0.15) is 6.04 Å². The summed E-state index contributed by atoms with van der Waals surface area (Å²) >= 11 is 0. The van der Waals surface area contributed by atoms with Crippen molar-refractivity contribution < 1.29 is 9.59 Å². The summed E-state index contributed by atoms with van der Waals surface area (Å²) in [7, 11) is 0. The van der Waals surface area contributed by atoms with Crippen LogP contribution in [-0.2, 0) is 9.59 Å².